The van der Waals surface area contributed by atoms with Gasteiger partial charge in [0.2, 0.25) is 5.91 Å². The lowest BCUT2D eigenvalue weighted by Gasteiger charge is -2.34. The van der Waals surface area contributed by atoms with Gasteiger partial charge in [-0.05, 0) is 69.0 Å². The average molecular weight is 461 g/mol. The lowest BCUT2D eigenvalue weighted by Crippen LogP contribution is -2.50. The minimum atomic E-state index is -0.817. The van der Waals surface area contributed by atoms with Crippen LogP contribution < -0.4 is 5.32 Å². The summed E-state index contributed by atoms with van der Waals surface area (Å²) in [5.41, 5.74) is 2.52. The number of H-pyrrole nitrogens is 1. The second-order valence-electron chi connectivity index (χ2n) is 9.67. The first-order chi connectivity index (χ1) is 16.3. The fraction of sp³-hybridized carbons (Fsp3) is 0.370. The molecule has 1 aromatic carbocycles. The monoisotopic (exact) mass is 460 g/mol. The number of nitrogens with zero attached hydrogens (tertiary/aromatic N) is 2. The molecule has 2 amide bonds. The van der Waals surface area contributed by atoms with E-state index in [0.717, 1.165) is 24.1 Å². The highest BCUT2D eigenvalue weighted by Crippen LogP contribution is 2.27. The Balaban J connectivity index is 1.71. The summed E-state index contributed by atoms with van der Waals surface area (Å²) in [6, 6.07) is 16.3. The van der Waals surface area contributed by atoms with Gasteiger partial charge in [0, 0.05) is 36.8 Å². The maximum absolute atomic E-state index is 13.9. The quantitative estimate of drug-likeness (QED) is 0.549. The number of aromatic nitrogens is 2. The van der Waals surface area contributed by atoms with Crippen LogP contribution in [0.25, 0.3) is 11.3 Å². The van der Waals surface area contributed by atoms with Crippen LogP contribution in [-0.2, 0) is 9.53 Å². The smallest absolute Gasteiger partial charge is 0.271 e. The van der Waals surface area contributed by atoms with Crippen LogP contribution in [0.4, 0.5) is 0 Å². The fourth-order valence-electron chi connectivity index (χ4n) is 4.23. The van der Waals surface area contributed by atoms with E-state index in [9.17, 15) is 9.59 Å². The Labute approximate surface area is 200 Å². The number of aromatic amines is 1. The molecule has 7 heteroatoms. The number of rotatable bonds is 7. The van der Waals surface area contributed by atoms with E-state index in [1.165, 1.54) is 0 Å². The molecule has 4 rings (SSSR count). The number of benzene rings is 1. The predicted molar refractivity (Wildman–Crippen MR) is 131 cm³/mol. The molecule has 7 nitrogen and oxygen atoms in total. The molecule has 2 atom stereocenters. The summed E-state index contributed by atoms with van der Waals surface area (Å²) in [6.07, 6.45) is 4.97. The molecule has 2 unspecified atom stereocenters. The van der Waals surface area contributed by atoms with Gasteiger partial charge >= 0.3 is 0 Å². The average Bonchev–Trinajstić information content (AvgIpc) is 3.51. The SMILES string of the molecule is CC(C)(C)NC(=O)C(c1ccncc1)N(CC1CCCO1)C(=O)c1ccc(-c2ccccc2)[nH]1. The van der Waals surface area contributed by atoms with Gasteiger partial charge in [-0.3, -0.25) is 14.6 Å². The van der Waals surface area contributed by atoms with Gasteiger partial charge in [-0.1, -0.05) is 30.3 Å². The van der Waals surface area contributed by atoms with E-state index in [-0.39, 0.29) is 17.9 Å². The second kappa shape index (κ2) is 10.2. The van der Waals surface area contributed by atoms with Crippen molar-refractivity contribution >= 4 is 11.8 Å². The summed E-state index contributed by atoms with van der Waals surface area (Å²) >= 11 is 0. The number of ether oxygens (including phenoxy) is 1. The molecule has 2 N–H and O–H groups in total. The number of carbonyl (C=O) groups excluding carboxylic acids is 2. The third-order valence-corrected chi connectivity index (χ3v) is 5.77. The highest BCUT2D eigenvalue weighted by molar-refractivity contribution is 5.97. The van der Waals surface area contributed by atoms with Gasteiger partial charge in [0.05, 0.1) is 6.10 Å². The summed E-state index contributed by atoms with van der Waals surface area (Å²) < 4.78 is 5.86. The van der Waals surface area contributed by atoms with Gasteiger partial charge in [-0.2, -0.15) is 0 Å². The largest absolute Gasteiger partial charge is 0.376 e. The Kier molecular flexibility index (Phi) is 7.12. The molecule has 0 radical (unpaired) electrons. The summed E-state index contributed by atoms with van der Waals surface area (Å²) in [7, 11) is 0. The molecule has 2 aromatic heterocycles. The van der Waals surface area contributed by atoms with E-state index in [1.54, 1.807) is 35.5 Å². The van der Waals surface area contributed by atoms with Crippen molar-refractivity contribution in [1.82, 2.24) is 20.2 Å². The predicted octanol–water partition coefficient (Wildman–Crippen LogP) is 4.35. The molecule has 0 spiro atoms. The Morgan fingerprint density at radius 1 is 1.12 bits per heavy atom. The van der Waals surface area contributed by atoms with E-state index < -0.39 is 11.6 Å². The normalized spacial score (nSPS) is 16.7. The topological polar surface area (TPSA) is 87.3 Å². The van der Waals surface area contributed by atoms with Crippen LogP contribution in [0, 0.1) is 0 Å². The molecule has 34 heavy (non-hydrogen) atoms. The lowest BCUT2D eigenvalue weighted by atomic mass is 10.0. The van der Waals surface area contributed by atoms with E-state index in [2.05, 4.69) is 15.3 Å². The van der Waals surface area contributed by atoms with Crippen molar-refractivity contribution in [3.8, 4) is 11.3 Å². The molecule has 1 fully saturated rings. The van der Waals surface area contributed by atoms with Crippen molar-refractivity contribution in [1.29, 1.82) is 0 Å². The van der Waals surface area contributed by atoms with Crippen LogP contribution in [0.15, 0.2) is 67.0 Å². The molecular formula is C27H32N4O3. The van der Waals surface area contributed by atoms with E-state index in [4.69, 9.17) is 4.74 Å². The zero-order valence-electron chi connectivity index (χ0n) is 20.0. The Hall–Kier alpha value is -3.45. The van der Waals surface area contributed by atoms with Crippen molar-refractivity contribution in [2.75, 3.05) is 13.2 Å². The van der Waals surface area contributed by atoms with E-state index in [0.29, 0.717) is 24.4 Å². The minimum absolute atomic E-state index is 0.112. The standard InChI is InChI=1S/C27H32N4O3/c1-27(2,3)30-25(32)24(20-13-15-28-16-14-20)31(18-21-10-7-17-34-21)26(33)23-12-11-22(29-23)19-8-5-4-6-9-19/h4-6,8-9,11-16,21,24,29H,7,10,17-18H2,1-3H3,(H,30,32). The number of pyridine rings is 1. The van der Waals surface area contributed by atoms with Gasteiger partial charge in [-0.15, -0.1) is 0 Å². The maximum atomic E-state index is 13.9. The van der Waals surface area contributed by atoms with Gasteiger partial charge in [0.1, 0.15) is 11.7 Å². The number of nitrogens with one attached hydrogen (secondary N) is 2. The number of hydrogen-bond donors (Lipinski definition) is 2. The first-order valence-corrected chi connectivity index (χ1v) is 11.7. The zero-order valence-corrected chi connectivity index (χ0v) is 20.0. The summed E-state index contributed by atoms with van der Waals surface area (Å²) in [6.45, 7) is 6.78. The molecular weight excluding hydrogens is 428 g/mol. The van der Waals surface area contributed by atoms with Crippen molar-refractivity contribution in [2.24, 2.45) is 0 Å². The van der Waals surface area contributed by atoms with E-state index in [1.807, 2.05) is 57.2 Å². The number of hydrogen-bond acceptors (Lipinski definition) is 4. The second-order valence-corrected chi connectivity index (χ2v) is 9.67. The van der Waals surface area contributed by atoms with E-state index >= 15 is 0 Å². The lowest BCUT2D eigenvalue weighted by molar-refractivity contribution is -0.127. The fourth-order valence-corrected chi connectivity index (χ4v) is 4.23. The van der Waals surface area contributed by atoms with Crippen LogP contribution in [-0.4, -0.2) is 51.5 Å². The van der Waals surface area contributed by atoms with Gasteiger partial charge in [-0.25, -0.2) is 0 Å². The van der Waals surface area contributed by atoms with Crippen LogP contribution in [0.1, 0.15) is 55.7 Å². The summed E-state index contributed by atoms with van der Waals surface area (Å²) in [4.78, 5) is 36.4. The summed E-state index contributed by atoms with van der Waals surface area (Å²) in [5, 5.41) is 3.06. The van der Waals surface area contributed by atoms with Gasteiger partial charge in [0.25, 0.3) is 5.91 Å². The molecule has 3 aromatic rings. The van der Waals surface area contributed by atoms with Crippen molar-refractivity contribution in [3.63, 3.8) is 0 Å². The van der Waals surface area contributed by atoms with Crippen LogP contribution >= 0.6 is 0 Å². The van der Waals surface area contributed by atoms with Gasteiger partial charge in [0.15, 0.2) is 0 Å². The first-order valence-electron chi connectivity index (χ1n) is 11.7. The Morgan fingerprint density at radius 2 is 1.85 bits per heavy atom. The van der Waals surface area contributed by atoms with Crippen molar-refractivity contribution in [3.05, 3.63) is 78.2 Å². The molecule has 178 valence electrons. The van der Waals surface area contributed by atoms with Crippen molar-refractivity contribution < 1.29 is 14.3 Å². The van der Waals surface area contributed by atoms with Gasteiger partial charge < -0.3 is 19.9 Å². The maximum Gasteiger partial charge on any atom is 0.271 e. The minimum Gasteiger partial charge on any atom is -0.376 e. The highest BCUT2D eigenvalue weighted by Gasteiger charge is 2.36. The molecule has 0 saturated carbocycles. The Morgan fingerprint density at radius 3 is 2.50 bits per heavy atom. The summed E-state index contributed by atoms with van der Waals surface area (Å²) in [5.74, 6) is -0.483. The zero-order chi connectivity index (χ0) is 24.1. The molecule has 3 heterocycles. The molecule has 0 bridgehead atoms. The molecule has 1 aliphatic heterocycles. The number of carbonyl (C=O) groups is 2. The third kappa shape index (κ3) is 5.72. The van der Waals surface area contributed by atoms with Crippen molar-refractivity contribution in [2.45, 2.75) is 51.3 Å². The number of amides is 2. The Bertz CT molecular complexity index is 1100. The molecule has 1 saturated heterocycles. The highest BCUT2D eigenvalue weighted by atomic mass is 16.5. The van der Waals surface area contributed by atoms with Crippen LogP contribution in [0.3, 0.4) is 0 Å². The van der Waals surface area contributed by atoms with Crippen LogP contribution in [0.5, 0.6) is 0 Å². The van der Waals surface area contributed by atoms with Crippen LogP contribution in [0.2, 0.25) is 0 Å². The third-order valence-electron chi connectivity index (χ3n) is 5.77. The molecule has 0 aliphatic carbocycles. The molecule has 1 aliphatic rings. The first kappa shape index (κ1) is 23.7.